The maximum absolute atomic E-state index is 12.5. The van der Waals surface area contributed by atoms with Crippen LogP contribution in [0.4, 0.5) is 14.4 Å². The minimum Gasteiger partial charge on any atom is -0.370 e. The zero-order valence-corrected chi connectivity index (χ0v) is 21.9. The van der Waals surface area contributed by atoms with Crippen LogP contribution < -0.4 is 66.7 Å². The first-order chi connectivity index (χ1) is 18.1. The number of amides is 6. The lowest BCUT2D eigenvalue weighted by Crippen LogP contribution is -2.48. The van der Waals surface area contributed by atoms with Gasteiger partial charge in [0.1, 0.15) is 0 Å². The van der Waals surface area contributed by atoms with Gasteiger partial charge in [-0.1, -0.05) is 6.42 Å². The molecule has 19 N–H and O–H groups in total. The van der Waals surface area contributed by atoms with Crippen LogP contribution in [0.25, 0.3) is 0 Å². The van der Waals surface area contributed by atoms with Crippen LogP contribution in [0.5, 0.6) is 0 Å². The van der Waals surface area contributed by atoms with Crippen LogP contribution in [-0.4, -0.2) is 74.8 Å². The SMILES string of the molecule is NCCCC[C@@H](CN)NC(=O)N/C=C(\CCCN=C(N)N)NC(=O)NC[C@H](CCCN=C(N)N)NC(N)=O. The van der Waals surface area contributed by atoms with E-state index < -0.39 is 24.1 Å². The molecule has 0 heterocycles. The van der Waals surface area contributed by atoms with E-state index in [2.05, 4.69) is 36.6 Å². The summed E-state index contributed by atoms with van der Waals surface area (Å²) in [6.45, 7) is 1.62. The molecule has 2 atom stereocenters. The number of nitrogens with zero attached hydrogens (tertiary/aromatic N) is 2. The number of nitrogens with two attached hydrogens (primary N) is 7. The van der Waals surface area contributed by atoms with Crippen molar-refractivity contribution < 1.29 is 14.4 Å². The van der Waals surface area contributed by atoms with Crippen molar-refractivity contribution in [1.29, 1.82) is 0 Å². The Balaban J connectivity index is 5.04. The van der Waals surface area contributed by atoms with Crippen molar-refractivity contribution in [3.63, 3.8) is 0 Å². The Morgan fingerprint density at radius 1 is 0.763 bits per heavy atom. The minimum atomic E-state index is -0.728. The Hall–Kier alpha value is -3.99. The Bertz CT molecular complexity index is 794. The van der Waals surface area contributed by atoms with Crippen molar-refractivity contribution in [2.45, 2.75) is 57.0 Å². The molecule has 0 radical (unpaired) electrons. The van der Waals surface area contributed by atoms with Gasteiger partial charge in [0.15, 0.2) is 11.9 Å². The van der Waals surface area contributed by atoms with E-state index in [1.165, 1.54) is 6.20 Å². The van der Waals surface area contributed by atoms with Crippen molar-refractivity contribution in [3.05, 3.63) is 11.9 Å². The number of nitrogens with one attached hydrogen (secondary N) is 5. The maximum Gasteiger partial charge on any atom is 0.319 e. The van der Waals surface area contributed by atoms with Gasteiger partial charge in [-0.05, 0) is 45.1 Å². The average Bonchev–Trinajstić information content (AvgIpc) is 2.84. The van der Waals surface area contributed by atoms with Gasteiger partial charge < -0.3 is 66.7 Å². The van der Waals surface area contributed by atoms with Crippen LogP contribution in [0, 0.1) is 0 Å². The van der Waals surface area contributed by atoms with Gasteiger partial charge in [0.25, 0.3) is 0 Å². The molecule has 0 aliphatic rings. The fourth-order valence-electron chi connectivity index (χ4n) is 3.19. The predicted molar refractivity (Wildman–Crippen MR) is 148 cm³/mol. The van der Waals surface area contributed by atoms with Crippen LogP contribution in [-0.2, 0) is 0 Å². The van der Waals surface area contributed by atoms with Gasteiger partial charge in [0.05, 0.1) is 0 Å². The molecule has 17 nitrogen and oxygen atoms in total. The highest BCUT2D eigenvalue weighted by molar-refractivity contribution is 5.78. The zero-order valence-electron chi connectivity index (χ0n) is 21.9. The van der Waals surface area contributed by atoms with E-state index in [0.717, 1.165) is 12.8 Å². The lowest BCUT2D eigenvalue weighted by molar-refractivity contribution is 0.236. The first kappa shape index (κ1) is 34.0. The van der Waals surface area contributed by atoms with Gasteiger partial charge in [-0.25, -0.2) is 14.4 Å². The number of rotatable bonds is 19. The van der Waals surface area contributed by atoms with Gasteiger partial charge >= 0.3 is 18.1 Å². The Morgan fingerprint density at radius 3 is 1.97 bits per heavy atom. The molecule has 0 saturated heterocycles. The molecular weight excluding hydrogens is 496 g/mol. The molecule has 0 aromatic carbocycles. The third kappa shape index (κ3) is 20.2. The van der Waals surface area contributed by atoms with Crippen molar-refractivity contribution in [2.75, 3.05) is 32.7 Å². The van der Waals surface area contributed by atoms with Crippen LogP contribution in [0.15, 0.2) is 21.9 Å². The summed E-state index contributed by atoms with van der Waals surface area (Å²) in [7, 11) is 0. The molecule has 0 spiro atoms. The zero-order chi connectivity index (χ0) is 28.8. The standard InChI is InChI=1S/C21H46N14O3/c22-8-2-1-5-14(11-23)34-20(37)32-13-16(7-4-10-30-18(26)27)35-21(38)31-12-15(33-19(28)36)6-3-9-29-17(24)25/h13-15H,1-12,22-23H2,(H4,24,25,29)(H4,26,27,30)(H3,28,33,36)(H2,31,35,38)(H2,32,34,37)/b16-13+/t14-,15-/m0/s1. The number of allylic oxidation sites excluding steroid dienone is 1. The van der Waals surface area contributed by atoms with Gasteiger partial charge in [-0.2, -0.15) is 0 Å². The van der Waals surface area contributed by atoms with Gasteiger partial charge in [0, 0.05) is 50.2 Å². The van der Waals surface area contributed by atoms with E-state index >= 15 is 0 Å². The molecule has 6 amide bonds. The van der Waals surface area contributed by atoms with Gasteiger partial charge in [-0.3, -0.25) is 9.98 Å². The molecule has 0 fully saturated rings. The van der Waals surface area contributed by atoms with Crippen molar-refractivity contribution in [1.82, 2.24) is 26.6 Å². The highest BCUT2D eigenvalue weighted by Gasteiger charge is 2.14. The lowest BCUT2D eigenvalue weighted by Gasteiger charge is -2.19. The van der Waals surface area contributed by atoms with E-state index in [-0.39, 0.29) is 31.1 Å². The Kier molecular flexibility index (Phi) is 18.9. The lowest BCUT2D eigenvalue weighted by atomic mass is 10.1. The highest BCUT2D eigenvalue weighted by Crippen LogP contribution is 2.03. The summed E-state index contributed by atoms with van der Waals surface area (Å²) in [5, 5.41) is 13.3. The summed E-state index contributed by atoms with van der Waals surface area (Å²) in [6, 6.07) is -2.41. The summed E-state index contributed by atoms with van der Waals surface area (Å²) >= 11 is 0. The molecule has 0 bridgehead atoms. The molecule has 0 aromatic heterocycles. The van der Waals surface area contributed by atoms with Crippen LogP contribution >= 0.6 is 0 Å². The molecule has 0 saturated carbocycles. The molecule has 17 heteroatoms. The molecular formula is C21H46N14O3. The molecule has 0 aliphatic heterocycles. The van der Waals surface area contributed by atoms with Crippen molar-refractivity contribution in [3.8, 4) is 0 Å². The van der Waals surface area contributed by atoms with E-state index in [4.69, 9.17) is 40.1 Å². The second-order valence-corrected chi connectivity index (χ2v) is 8.40. The van der Waals surface area contributed by atoms with E-state index in [9.17, 15) is 14.4 Å². The summed E-state index contributed by atoms with van der Waals surface area (Å²) in [4.78, 5) is 44.0. The van der Waals surface area contributed by atoms with Crippen LogP contribution in [0.2, 0.25) is 0 Å². The summed E-state index contributed by atoms with van der Waals surface area (Å²) in [6.07, 6.45) is 5.62. The molecule has 38 heavy (non-hydrogen) atoms. The van der Waals surface area contributed by atoms with Crippen molar-refractivity contribution in [2.24, 2.45) is 50.1 Å². The normalized spacial score (nSPS) is 12.4. The number of carbonyl (C=O) groups excluding carboxylic acids is 3. The Morgan fingerprint density at radius 2 is 1.39 bits per heavy atom. The average molecular weight is 543 g/mol. The number of primary amides is 1. The quantitative estimate of drug-likeness (QED) is 0.0449. The second-order valence-electron chi connectivity index (χ2n) is 8.40. The fourth-order valence-corrected chi connectivity index (χ4v) is 3.19. The fraction of sp³-hybridized carbons (Fsp3) is 0.667. The van der Waals surface area contributed by atoms with Crippen LogP contribution in [0.3, 0.4) is 0 Å². The van der Waals surface area contributed by atoms with Crippen LogP contribution in [0.1, 0.15) is 44.9 Å². The summed E-state index contributed by atoms with van der Waals surface area (Å²) < 4.78 is 0. The van der Waals surface area contributed by atoms with E-state index in [1.54, 1.807) is 0 Å². The number of hydrogen-bond acceptors (Lipinski definition) is 7. The summed E-state index contributed by atoms with van der Waals surface area (Å²) in [5.41, 5.74) is 38.2. The number of hydrogen-bond donors (Lipinski definition) is 12. The monoisotopic (exact) mass is 542 g/mol. The molecule has 0 unspecified atom stereocenters. The number of urea groups is 3. The topological polar surface area (TPSA) is 318 Å². The smallest absolute Gasteiger partial charge is 0.319 e. The molecule has 0 aromatic rings. The predicted octanol–water partition coefficient (Wildman–Crippen LogP) is -2.97. The number of guanidine groups is 2. The summed E-state index contributed by atoms with van der Waals surface area (Å²) in [5.74, 6) is -0.0810. The number of carbonyl (C=O) groups is 3. The van der Waals surface area contributed by atoms with Crippen molar-refractivity contribution >= 4 is 30.0 Å². The third-order valence-electron chi connectivity index (χ3n) is 5.04. The van der Waals surface area contributed by atoms with E-state index in [0.29, 0.717) is 57.4 Å². The minimum absolute atomic E-state index is 0.0338. The number of aliphatic imine (C=N–C) groups is 2. The largest absolute Gasteiger partial charge is 0.370 e. The third-order valence-corrected chi connectivity index (χ3v) is 5.04. The first-order valence-corrected chi connectivity index (χ1v) is 12.4. The number of unbranched alkanes of at least 4 members (excludes halogenated alkanes) is 1. The Labute approximate surface area is 223 Å². The molecule has 218 valence electrons. The van der Waals surface area contributed by atoms with E-state index in [1.807, 2.05) is 0 Å². The molecule has 0 aliphatic carbocycles. The maximum atomic E-state index is 12.5. The van der Waals surface area contributed by atoms with Gasteiger partial charge in [0.2, 0.25) is 0 Å². The highest BCUT2D eigenvalue weighted by atomic mass is 16.2. The second kappa shape index (κ2) is 21.1. The van der Waals surface area contributed by atoms with Gasteiger partial charge in [-0.15, -0.1) is 0 Å². The molecule has 0 rings (SSSR count). The first-order valence-electron chi connectivity index (χ1n) is 12.4.